The molecule has 0 aliphatic carbocycles. The molecule has 0 bridgehead atoms. The number of hydrogen-bond donors (Lipinski definition) is 2. The summed E-state index contributed by atoms with van der Waals surface area (Å²) in [6.07, 6.45) is 0. The molecule has 0 heterocycles. The predicted molar refractivity (Wildman–Crippen MR) is 95.4 cm³/mol. The first-order valence-corrected chi connectivity index (χ1v) is 8.64. The number of thioether (sulfide) groups is 1. The van der Waals surface area contributed by atoms with Crippen LogP contribution in [0.25, 0.3) is 0 Å². The number of hydrogen-bond acceptors (Lipinski definition) is 3. The van der Waals surface area contributed by atoms with E-state index in [1.807, 2.05) is 31.2 Å². The summed E-state index contributed by atoms with van der Waals surface area (Å²) in [5.41, 5.74) is 2.56. The monoisotopic (exact) mass is 346 g/mol. The Balaban J connectivity index is 1.65. The Morgan fingerprint density at radius 3 is 2.46 bits per heavy atom. The Bertz CT molecular complexity index is 704. The molecule has 4 nitrogen and oxygen atoms in total. The standard InChI is InChI=1S/C18H19FN2O2S/c1-13-5-7-16(8-6-13)21-18(23)12-24-11-17(22)20-10-14-3-2-4-15(19)9-14/h2-9H,10-12H2,1H3,(H,20,22)(H,21,23). The Kier molecular flexibility index (Phi) is 6.81. The van der Waals surface area contributed by atoms with Crippen molar-refractivity contribution in [3.05, 3.63) is 65.5 Å². The summed E-state index contributed by atoms with van der Waals surface area (Å²) in [6.45, 7) is 2.25. The van der Waals surface area contributed by atoms with Crippen LogP contribution in [0.3, 0.4) is 0 Å². The highest BCUT2D eigenvalue weighted by molar-refractivity contribution is 8.00. The van der Waals surface area contributed by atoms with Crippen LogP contribution in [0.4, 0.5) is 10.1 Å². The minimum atomic E-state index is -0.330. The third-order valence-corrected chi connectivity index (χ3v) is 4.11. The first-order valence-electron chi connectivity index (χ1n) is 7.48. The average molecular weight is 346 g/mol. The largest absolute Gasteiger partial charge is 0.351 e. The van der Waals surface area contributed by atoms with Gasteiger partial charge >= 0.3 is 0 Å². The molecule has 0 aromatic heterocycles. The van der Waals surface area contributed by atoms with E-state index in [9.17, 15) is 14.0 Å². The Hall–Kier alpha value is -2.34. The Morgan fingerprint density at radius 2 is 1.75 bits per heavy atom. The molecular formula is C18H19FN2O2S. The second kappa shape index (κ2) is 9.08. The van der Waals surface area contributed by atoms with Gasteiger partial charge in [0.05, 0.1) is 11.5 Å². The van der Waals surface area contributed by atoms with Crippen LogP contribution in [-0.4, -0.2) is 23.3 Å². The van der Waals surface area contributed by atoms with Crippen molar-refractivity contribution in [3.8, 4) is 0 Å². The summed E-state index contributed by atoms with van der Waals surface area (Å²) in [4.78, 5) is 23.5. The summed E-state index contributed by atoms with van der Waals surface area (Å²) in [6, 6.07) is 13.6. The number of aryl methyl sites for hydroxylation is 1. The van der Waals surface area contributed by atoms with Crippen LogP contribution < -0.4 is 10.6 Å². The number of carbonyl (C=O) groups excluding carboxylic acids is 2. The van der Waals surface area contributed by atoms with E-state index in [0.717, 1.165) is 11.3 Å². The van der Waals surface area contributed by atoms with Crippen molar-refractivity contribution in [1.29, 1.82) is 0 Å². The zero-order valence-corrected chi connectivity index (χ0v) is 14.2. The van der Waals surface area contributed by atoms with E-state index in [2.05, 4.69) is 10.6 Å². The van der Waals surface area contributed by atoms with E-state index in [1.54, 1.807) is 12.1 Å². The fourth-order valence-corrected chi connectivity index (χ4v) is 2.62. The lowest BCUT2D eigenvalue weighted by molar-refractivity contribution is -0.118. The first-order chi connectivity index (χ1) is 11.5. The van der Waals surface area contributed by atoms with Gasteiger partial charge in [-0.05, 0) is 36.8 Å². The van der Waals surface area contributed by atoms with Crippen LogP contribution >= 0.6 is 11.8 Å². The molecule has 2 rings (SSSR count). The summed E-state index contributed by atoms with van der Waals surface area (Å²) >= 11 is 1.23. The van der Waals surface area contributed by atoms with Crippen LogP contribution in [0.1, 0.15) is 11.1 Å². The van der Waals surface area contributed by atoms with Crippen LogP contribution in [0.15, 0.2) is 48.5 Å². The van der Waals surface area contributed by atoms with Gasteiger partial charge in [0, 0.05) is 12.2 Å². The molecule has 126 valence electrons. The number of carbonyl (C=O) groups is 2. The normalized spacial score (nSPS) is 10.2. The quantitative estimate of drug-likeness (QED) is 0.810. The fourth-order valence-electron chi connectivity index (χ4n) is 1.97. The van der Waals surface area contributed by atoms with Crippen molar-refractivity contribution >= 4 is 29.3 Å². The molecular weight excluding hydrogens is 327 g/mol. The Labute approximate surface area is 144 Å². The summed E-state index contributed by atoms with van der Waals surface area (Å²) in [5, 5.41) is 5.47. The van der Waals surface area contributed by atoms with E-state index >= 15 is 0 Å². The molecule has 0 aliphatic heterocycles. The van der Waals surface area contributed by atoms with Crippen LogP contribution in [0.2, 0.25) is 0 Å². The minimum Gasteiger partial charge on any atom is -0.351 e. The maximum absolute atomic E-state index is 13.0. The second-order valence-electron chi connectivity index (χ2n) is 5.31. The summed E-state index contributed by atoms with van der Waals surface area (Å²) in [7, 11) is 0. The lowest BCUT2D eigenvalue weighted by atomic mass is 10.2. The van der Waals surface area contributed by atoms with Crippen molar-refractivity contribution in [2.45, 2.75) is 13.5 Å². The average Bonchev–Trinajstić information content (AvgIpc) is 2.55. The van der Waals surface area contributed by atoms with Crippen molar-refractivity contribution in [2.24, 2.45) is 0 Å². The van der Waals surface area contributed by atoms with Gasteiger partial charge in [0.25, 0.3) is 0 Å². The number of benzene rings is 2. The molecule has 0 fully saturated rings. The predicted octanol–water partition coefficient (Wildman–Crippen LogP) is 3.12. The maximum Gasteiger partial charge on any atom is 0.234 e. The van der Waals surface area contributed by atoms with E-state index in [0.29, 0.717) is 5.56 Å². The van der Waals surface area contributed by atoms with Gasteiger partial charge in [-0.3, -0.25) is 9.59 Å². The smallest absolute Gasteiger partial charge is 0.234 e. The van der Waals surface area contributed by atoms with E-state index in [-0.39, 0.29) is 35.7 Å². The third-order valence-electron chi connectivity index (χ3n) is 3.18. The topological polar surface area (TPSA) is 58.2 Å². The fraction of sp³-hybridized carbons (Fsp3) is 0.222. The third kappa shape index (κ3) is 6.42. The molecule has 2 aromatic carbocycles. The van der Waals surface area contributed by atoms with Crippen molar-refractivity contribution in [2.75, 3.05) is 16.8 Å². The molecule has 0 atom stereocenters. The SMILES string of the molecule is Cc1ccc(NC(=O)CSCC(=O)NCc2cccc(F)c2)cc1. The lowest BCUT2D eigenvalue weighted by Crippen LogP contribution is -2.25. The van der Waals surface area contributed by atoms with Gasteiger partial charge in [-0.15, -0.1) is 11.8 Å². The highest BCUT2D eigenvalue weighted by Crippen LogP contribution is 2.10. The molecule has 2 N–H and O–H groups in total. The molecule has 6 heteroatoms. The van der Waals surface area contributed by atoms with Gasteiger partial charge in [0.15, 0.2) is 0 Å². The van der Waals surface area contributed by atoms with Gasteiger partial charge in [0.1, 0.15) is 5.82 Å². The van der Waals surface area contributed by atoms with Crippen LogP contribution in [-0.2, 0) is 16.1 Å². The maximum atomic E-state index is 13.0. The lowest BCUT2D eigenvalue weighted by Gasteiger charge is -2.07. The van der Waals surface area contributed by atoms with Gasteiger partial charge in [0.2, 0.25) is 11.8 Å². The molecule has 0 unspecified atom stereocenters. The number of anilines is 1. The first kappa shape index (κ1) is 18.0. The zero-order valence-electron chi connectivity index (χ0n) is 13.3. The summed E-state index contributed by atoms with van der Waals surface area (Å²) in [5.74, 6) is -0.296. The summed E-state index contributed by atoms with van der Waals surface area (Å²) < 4.78 is 13.0. The van der Waals surface area contributed by atoms with Crippen LogP contribution in [0.5, 0.6) is 0 Å². The number of nitrogens with one attached hydrogen (secondary N) is 2. The van der Waals surface area contributed by atoms with Gasteiger partial charge < -0.3 is 10.6 Å². The molecule has 0 radical (unpaired) electrons. The van der Waals surface area contributed by atoms with Gasteiger partial charge in [-0.25, -0.2) is 4.39 Å². The number of amides is 2. The van der Waals surface area contributed by atoms with Crippen molar-refractivity contribution in [3.63, 3.8) is 0 Å². The molecule has 24 heavy (non-hydrogen) atoms. The number of halogens is 1. The molecule has 2 aromatic rings. The Morgan fingerprint density at radius 1 is 1.04 bits per heavy atom. The van der Waals surface area contributed by atoms with E-state index in [1.165, 1.54) is 23.9 Å². The molecule has 0 aliphatic rings. The molecule has 0 saturated carbocycles. The van der Waals surface area contributed by atoms with Crippen LogP contribution in [0, 0.1) is 12.7 Å². The molecule has 0 saturated heterocycles. The highest BCUT2D eigenvalue weighted by Gasteiger charge is 2.06. The van der Waals surface area contributed by atoms with E-state index in [4.69, 9.17) is 0 Å². The van der Waals surface area contributed by atoms with Crippen molar-refractivity contribution in [1.82, 2.24) is 5.32 Å². The van der Waals surface area contributed by atoms with E-state index < -0.39 is 0 Å². The van der Waals surface area contributed by atoms with Gasteiger partial charge in [-0.1, -0.05) is 29.8 Å². The highest BCUT2D eigenvalue weighted by atomic mass is 32.2. The van der Waals surface area contributed by atoms with Gasteiger partial charge in [-0.2, -0.15) is 0 Å². The molecule has 2 amide bonds. The van der Waals surface area contributed by atoms with Crippen molar-refractivity contribution < 1.29 is 14.0 Å². The molecule has 0 spiro atoms. The number of rotatable bonds is 7. The zero-order chi connectivity index (χ0) is 17.4. The second-order valence-corrected chi connectivity index (χ2v) is 6.30. The minimum absolute atomic E-state index is 0.151.